The normalized spacial score (nSPS) is 20.5. The number of nitrogens with one attached hydrogen (secondary N) is 1. The molecule has 0 aliphatic carbocycles. The summed E-state index contributed by atoms with van der Waals surface area (Å²) in [6, 6.07) is 25.8. The van der Waals surface area contributed by atoms with Gasteiger partial charge in [-0.3, -0.25) is 14.5 Å². The molecule has 2 aliphatic heterocycles. The number of carbonyl (C=O) groups excluding carboxylic acids is 2. The number of hydrogen-bond acceptors (Lipinski definition) is 5. The van der Waals surface area contributed by atoms with Crippen LogP contribution in [0.4, 0.5) is 11.4 Å². The molecule has 2 atom stereocenters. The van der Waals surface area contributed by atoms with E-state index in [-0.39, 0.29) is 12.2 Å². The summed E-state index contributed by atoms with van der Waals surface area (Å²) in [6.07, 6.45) is 4.65. The van der Waals surface area contributed by atoms with Crippen LogP contribution < -0.4 is 10.2 Å². The number of piperidine rings is 1. The molecule has 6 rings (SSSR count). The average Bonchev–Trinajstić information content (AvgIpc) is 3.37. The molecule has 2 aliphatic rings. The van der Waals surface area contributed by atoms with Crippen LogP contribution in [0.25, 0.3) is 16.6 Å². The van der Waals surface area contributed by atoms with Crippen molar-refractivity contribution in [3.63, 3.8) is 0 Å². The lowest BCUT2D eigenvalue weighted by Crippen LogP contribution is -2.53. The van der Waals surface area contributed by atoms with Crippen LogP contribution in [0, 0.1) is 0 Å². The van der Waals surface area contributed by atoms with Crippen LogP contribution in [0.2, 0.25) is 0 Å². The maximum absolute atomic E-state index is 13.5. The zero-order valence-electron chi connectivity index (χ0n) is 23.1. The third-order valence-corrected chi connectivity index (χ3v) is 8.10. The van der Waals surface area contributed by atoms with Crippen molar-refractivity contribution in [2.45, 2.75) is 44.9 Å². The Morgan fingerprint density at radius 3 is 2.23 bits per heavy atom. The van der Waals surface area contributed by atoms with Crippen LogP contribution in [0.5, 0.6) is 0 Å². The van der Waals surface area contributed by atoms with Gasteiger partial charge in [0, 0.05) is 60.9 Å². The largest absolute Gasteiger partial charge is 0.373 e. The van der Waals surface area contributed by atoms with Gasteiger partial charge in [-0.25, -0.2) is 0 Å². The first-order chi connectivity index (χ1) is 19.5. The fourth-order valence-corrected chi connectivity index (χ4v) is 6.25. The number of carbonyl (C=O) groups is 2. The van der Waals surface area contributed by atoms with Crippen molar-refractivity contribution < 1.29 is 14.3 Å². The van der Waals surface area contributed by atoms with Gasteiger partial charge in [-0.15, -0.1) is 0 Å². The van der Waals surface area contributed by atoms with Crippen LogP contribution in [0.3, 0.4) is 0 Å². The molecule has 4 aromatic rings. The van der Waals surface area contributed by atoms with Crippen LogP contribution in [0.1, 0.15) is 37.2 Å². The number of anilines is 2. The number of fused-ring (bicyclic) bond motifs is 1. The number of benzene rings is 2. The number of pyridine rings is 1. The zero-order chi connectivity index (χ0) is 27.6. The molecule has 1 N–H and O–H groups in total. The van der Waals surface area contributed by atoms with E-state index in [0.717, 1.165) is 61.4 Å². The highest BCUT2D eigenvalue weighted by Crippen LogP contribution is 2.29. The minimum atomic E-state index is -0.649. The highest BCUT2D eigenvalue weighted by atomic mass is 16.5. The van der Waals surface area contributed by atoms with Crippen molar-refractivity contribution in [2.24, 2.45) is 0 Å². The molecule has 0 spiro atoms. The Hall–Kier alpha value is -3.94. The van der Waals surface area contributed by atoms with Gasteiger partial charge in [0.2, 0.25) is 0 Å². The van der Waals surface area contributed by atoms with E-state index in [4.69, 9.17) is 4.74 Å². The maximum Gasteiger partial charge on any atom is 0.298 e. The van der Waals surface area contributed by atoms with Crippen LogP contribution in [-0.4, -0.2) is 65.4 Å². The Kier molecular flexibility index (Phi) is 7.41. The molecule has 7 heteroatoms. The molecule has 4 heterocycles. The average molecular weight is 537 g/mol. The number of morpholine rings is 1. The van der Waals surface area contributed by atoms with E-state index in [9.17, 15) is 9.59 Å². The summed E-state index contributed by atoms with van der Waals surface area (Å²) in [4.78, 5) is 31.6. The molecule has 0 saturated carbocycles. The first-order valence-electron chi connectivity index (χ1n) is 14.2. The van der Waals surface area contributed by atoms with Crippen molar-refractivity contribution in [3.8, 4) is 11.1 Å². The topological polar surface area (TPSA) is 66.3 Å². The predicted molar refractivity (Wildman–Crippen MR) is 159 cm³/mol. The fourth-order valence-electron chi connectivity index (χ4n) is 6.25. The Bertz CT molecular complexity index is 1480. The van der Waals surface area contributed by atoms with Crippen LogP contribution in [-0.2, 0) is 9.53 Å². The van der Waals surface area contributed by atoms with Gasteiger partial charge in [0.15, 0.2) is 0 Å². The zero-order valence-corrected chi connectivity index (χ0v) is 23.1. The first kappa shape index (κ1) is 26.3. The molecule has 7 nitrogen and oxygen atoms in total. The van der Waals surface area contributed by atoms with Crippen molar-refractivity contribution in [1.82, 2.24) is 9.30 Å². The molecular formula is C33H36N4O3. The number of rotatable bonds is 6. The molecule has 0 radical (unpaired) electrons. The van der Waals surface area contributed by atoms with E-state index in [1.165, 1.54) is 0 Å². The van der Waals surface area contributed by atoms with E-state index >= 15 is 0 Å². The molecule has 2 aromatic carbocycles. The lowest BCUT2D eigenvalue weighted by Gasteiger charge is -2.44. The molecule has 2 fully saturated rings. The number of aromatic nitrogens is 1. The lowest BCUT2D eigenvalue weighted by atomic mass is 10.0. The minimum Gasteiger partial charge on any atom is -0.373 e. The van der Waals surface area contributed by atoms with Crippen LogP contribution in [0.15, 0.2) is 85.1 Å². The highest BCUT2D eigenvalue weighted by molar-refractivity contribution is 6.47. The predicted octanol–water partition coefficient (Wildman–Crippen LogP) is 5.51. The quantitative estimate of drug-likeness (QED) is 0.260. The van der Waals surface area contributed by atoms with E-state index in [2.05, 4.69) is 29.0 Å². The number of hydrogen-bond donors (Lipinski definition) is 1. The van der Waals surface area contributed by atoms with Gasteiger partial charge in [-0.05, 0) is 74.7 Å². The van der Waals surface area contributed by atoms with Gasteiger partial charge in [0.1, 0.15) is 5.69 Å². The van der Waals surface area contributed by atoms with Crippen molar-refractivity contribution in [3.05, 3.63) is 90.8 Å². The smallest absolute Gasteiger partial charge is 0.298 e. The summed E-state index contributed by atoms with van der Waals surface area (Å²) in [5.74, 6) is -1.22. The highest BCUT2D eigenvalue weighted by Gasteiger charge is 2.30. The second kappa shape index (κ2) is 11.3. The number of nitrogens with zero attached hydrogens (tertiary/aromatic N) is 3. The van der Waals surface area contributed by atoms with Crippen molar-refractivity contribution in [2.75, 3.05) is 36.4 Å². The molecule has 2 aromatic heterocycles. The van der Waals surface area contributed by atoms with E-state index in [0.29, 0.717) is 17.4 Å². The summed E-state index contributed by atoms with van der Waals surface area (Å²) < 4.78 is 7.70. The minimum absolute atomic E-state index is 0.290. The molecule has 2 saturated heterocycles. The Labute approximate surface area is 235 Å². The van der Waals surface area contributed by atoms with Crippen molar-refractivity contribution in [1.29, 1.82) is 0 Å². The van der Waals surface area contributed by atoms with E-state index in [1.807, 2.05) is 85.1 Å². The summed E-state index contributed by atoms with van der Waals surface area (Å²) in [6.45, 7) is 8.34. The third kappa shape index (κ3) is 5.40. The number of amides is 1. The maximum atomic E-state index is 13.5. The summed E-state index contributed by atoms with van der Waals surface area (Å²) in [7, 11) is 0. The van der Waals surface area contributed by atoms with Gasteiger partial charge in [-0.2, -0.15) is 0 Å². The van der Waals surface area contributed by atoms with Gasteiger partial charge >= 0.3 is 0 Å². The molecule has 0 unspecified atom stereocenters. The summed E-state index contributed by atoms with van der Waals surface area (Å²) in [5.41, 5.74) is 4.61. The summed E-state index contributed by atoms with van der Waals surface area (Å²) >= 11 is 0. The SMILES string of the molecule is C[C@@H]1CN(C2CCN(c3ccc(NC(=O)C(=O)c4c(-c5ccccc5)cc5ccccn45)cc3)CC2)C[C@H](C)O1. The lowest BCUT2D eigenvalue weighted by molar-refractivity contribution is -0.112. The van der Waals surface area contributed by atoms with E-state index < -0.39 is 11.7 Å². The van der Waals surface area contributed by atoms with Gasteiger partial charge < -0.3 is 19.4 Å². The standard InChI is InChI=1S/C33H36N4O3/c1-23-21-36(22-24(2)40-23)28-15-18-35(19-16-28)27-13-11-26(12-14-27)34-33(39)32(38)31-30(25-8-4-3-5-9-25)20-29-10-6-7-17-37(29)31/h3-14,17,20,23-24,28H,15-16,18-19,21-22H2,1-2H3,(H,34,39)/t23-,24+. The number of ketones is 1. The van der Waals surface area contributed by atoms with Crippen molar-refractivity contribution >= 4 is 28.6 Å². The Morgan fingerprint density at radius 1 is 0.850 bits per heavy atom. The monoisotopic (exact) mass is 536 g/mol. The van der Waals surface area contributed by atoms with Gasteiger partial charge in [0.25, 0.3) is 11.7 Å². The van der Waals surface area contributed by atoms with E-state index in [1.54, 1.807) is 4.40 Å². The Balaban J connectivity index is 1.12. The molecule has 0 bridgehead atoms. The molecule has 1 amide bonds. The molecular weight excluding hydrogens is 500 g/mol. The second-order valence-corrected chi connectivity index (χ2v) is 11.0. The first-order valence-corrected chi connectivity index (χ1v) is 14.2. The molecule has 206 valence electrons. The Morgan fingerprint density at radius 2 is 1.52 bits per heavy atom. The number of Topliss-reactive ketones (excluding diaryl/α,β-unsaturated/α-hetero) is 1. The second-order valence-electron chi connectivity index (χ2n) is 11.0. The fraction of sp³-hybridized carbons (Fsp3) is 0.333. The van der Waals surface area contributed by atoms with Crippen LogP contribution >= 0.6 is 0 Å². The number of ether oxygens (including phenoxy) is 1. The third-order valence-electron chi connectivity index (χ3n) is 8.10. The van der Waals surface area contributed by atoms with Gasteiger partial charge in [-0.1, -0.05) is 36.4 Å². The molecule has 40 heavy (non-hydrogen) atoms. The van der Waals surface area contributed by atoms with Gasteiger partial charge in [0.05, 0.1) is 12.2 Å². The summed E-state index contributed by atoms with van der Waals surface area (Å²) in [5, 5.41) is 2.82.